The molecule has 3 nitrogen and oxygen atoms in total. The highest BCUT2D eigenvalue weighted by Crippen LogP contribution is 2.42. The molecule has 3 heterocycles. The first-order valence-corrected chi connectivity index (χ1v) is 11.7. The lowest BCUT2D eigenvalue weighted by molar-refractivity contribution is 0.706. The highest BCUT2D eigenvalue weighted by Gasteiger charge is 2.25. The van der Waals surface area contributed by atoms with Crippen LogP contribution in [-0.4, -0.2) is 20.7 Å². The van der Waals surface area contributed by atoms with Crippen LogP contribution in [0.15, 0.2) is 11.4 Å². The van der Waals surface area contributed by atoms with Gasteiger partial charge >= 0.3 is 0 Å². The molecule has 0 amide bonds. The Balaban J connectivity index is 1.76. The molecule has 0 saturated heterocycles. The summed E-state index contributed by atoms with van der Waals surface area (Å²) in [6.07, 6.45) is 10.5. The Hall–Kier alpha value is -1.20. The molecule has 0 aromatic carbocycles. The van der Waals surface area contributed by atoms with E-state index in [1.165, 1.54) is 71.9 Å². The number of fused-ring (bicyclic) bond motifs is 5. The van der Waals surface area contributed by atoms with Gasteiger partial charge in [0, 0.05) is 11.1 Å². The van der Waals surface area contributed by atoms with Crippen LogP contribution in [0.1, 0.15) is 75.6 Å². The quantitative estimate of drug-likeness (QED) is 0.263. The fourth-order valence-corrected chi connectivity index (χ4v) is 6.23. The van der Waals surface area contributed by atoms with E-state index < -0.39 is 0 Å². The second kappa shape index (κ2) is 7.81. The third-order valence-electron chi connectivity index (χ3n) is 5.25. The zero-order valence-electron chi connectivity index (χ0n) is 16.0. The molecular formula is C21H27N3S2. The van der Waals surface area contributed by atoms with Crippen molar-refractivity contribution in [1.82, 2.24) is 15.0 Å². The largest absolute Gasteiger partial charge is 0.241 e. The van der Waals surface area contributed by atoms with Gasteiger partial charge in [-0.1, -0.05) is 40.0 Å². The minimum atomic E-state index is 0.481. The fraction of sp³-hybridized carbons (Fsp3) is 0.571. The van der Waals surface area contributed by atoms with E-state index in [1.807, 2.05) is 11.8 Å². The van der Waals surface area contributed by atoms with E-state index in [4.69, 9.17) is 4.98 Å². The summed E-state index contributed by atoms with van der Waals surface area (Å²) in [5, 5.41) is 2.46. The predicted molar refractivity (Wildman–Crippen MR) is 114 cm³/mol. The van der Waals surface area contributed by atoms with Crippen LogP contribution in [-0.2, 0) is 12.8 Å². The van der Waals surface area contributed by atoms with Gasteiger partial charge in [0.2, 0.25) is 0 Å². The molecule has 1 aliphatic carbocycles. The Morgan fingerprint density at radius 1 is 1.12 bits per heavy atom. The van der Waals surface area contributed by atoms with Crippen molar-refractivity contribution in [2.24, 2.45) is 0 Å². The normalized spacial score (nSPS) is 14.0. The summed E-state index contributed by atoms with van der Waals surface area (Å²) in [5.41, 5.74) is 5.46. The second-order valence-electron chi connectivity index (χ2n) is 7.51. The predicted octanol–water partition coefficient (Wildman–Crippen LogP) is 6.52. The first kappa shape index (κ1) is 18.2. The van der Waals surface area contributed by atoms with Crippen molar-refractivity contribution in [3.63, 3.8) is 0 Å². The molecule has 0 spiro atoms. The fourth-order valence-electron chi connectivity index (χ4n) is 3.98. The molecule has 0 saturated carbocycles. The van der Waals surface area contributed by atoms with Crippen molar-refractivity contribution in [3.05, 3.63) is 23.1 Å². The van der Waals surface area contributed by atoms with Crippen LogP contribution in [0.2, 0.25) is 0 Å². The van der Waals surface area contributed by atoms with E-state index >= 15 is 0 Å². The average Bonchev–Trinajstić information content (AvgIpc) is 3.24. The Kier molecular flexibility index (Phi) is 5.46. The summed E-state index contributed by atoms with van der Waals surface area (Å²) >= 11 is 3.69. The van der Waals surface area contributed by atoms with E-state index in [0.29, 0.717) is 5.92 Å². The molecule has 0 atom stereocenters. The van der Waals surface area contributed by atoms with Crippen LogP contribution in [0.3, 0.4) is 0 Å². The van der Waals surface area contributed by atoms with Crippen LogP contribution in [0.4, 0.5) is 0 Å². The maximum absolute atomic E-state index is 5.09. The summed E-state index contributed by atoms with van der Waals surface area (Å²) < 4.78 is 1.24. The third kappa shape index (κ3) is 3.24. The molecular weight excluding hydrogens is 358 g/mol. The van der Waals surface area contributed by atoms with E-state index in [-0.39, 0.29) is 0 Å². The number of unbranched alkanes of at least 4 members (excludes halogenated alkanes) is 3. The van der Waals surface area contributed by atoms with E-state index in [2.05, 4.69) is 30.7 Å². The molecule has 0 aliphatic heterocycles. The molecule has 0 unspecified atom stereocenters. The number of aryl methyl sites for hydroxylation is 1. The lowest BCUT2D eigenvalue weighted by atomic mass is 9.99. The number of thioether (sulfide) groups is 1. The smallest absolute Gasteiger partial charge is 0.126 e. The summed E-state index contributed by atoms with van der Waals surface area (Å²) in [6, 6.07) is 0. The van der Waals surface area contributed by atoms with Crippen molar-refractivity contribution in [2.45, 2.75) is 76.7 Å². The van der Waals surface area contributed by atoms with Gasteiger partial charge in [-0.3, -0.25) is 0 Å². The summed E-state index contributed by atoms with van der Waals surface area (Å²) in [6.45, 7) is 6.78. The first-order valence-electron chi connectivity index (χ1n) is 9.92. The van der Waals surface area contributed by atoms with Crippen LogP contribution < -0.4 is 0 Å². The minimum Gasteiger partial charge on any atom is -0.241 e. The number of nitrogens with zero attached hydrogens (tertiary/aromatic N) is 3. The van der Waals surface area contributed by atoms with Crippen molar-refractivity contribution in [2.75, 3.05) is 5.75 Å². The Morgan fingerprint density at radius 2 is 1.96 bits per heavy atom. The number of aromatic nitrogens is 3. The molecule has 3 aromatic heterocycles. The van der Waals surface area contributed by atoms with Gasteiger partial charge in [0.15, 0.2) is 0 Å². The van der Waals surface area contributed by atoms with Gasteiger partial charge in [-0.25, -0.2) is 15.0 Å². The molecule has 5 heteroatoms. The molecule has 138 valence electrons. The maximum Gasteiger partial charge on any atom is 0.126 e. The number of hydrogen-bond donors (Lipinski definition) is 0. The van der Waals surface area contributed by atoms with Gasteiger partial charge < -0.3 is 0 Å². The summed E-state index contributed by atoms with van der Waals surface area (Å²) in [7, 11) is 0. The van der Waals surface area contributed by atoms with Crippen molar-refractivity contribution in [3.8, 4) is 0 Å². The van der Waals surface area contributed by atoms with E-state index in [0.717, 1.165) is 21.1 Å². The number of pyridine rings is 1. The maximum atomic E-state index is 5.09. The Bertz CT molecular complexity index is 930. The lowest BCUT2D eigenvalue weighted by Crippen LogP contribution is -2.00. The highest BCUT2D eigenvalue weighted by atomic mass is 32.2. The standard InChI is InChI=1S/C21H27N3S2/c1-4-5-6-7-11-25-21-19-18(22-12-23-21)16-14-9-8-10-15(14)17(13(2)3)24-20(16)26-19/h12-13H,4-11H2,1-3H3. The Morgan fingerprint density at radius 3 is 2.77 bits per heavy atom. The lowest BCUT2D eigenvalue weighted by Gasteiger charge is -2.11. The number of rotatable bonds is 7. The summed E-state index contributed by atoms with van der Waals surface area (Å²) in [5.74, 6) is 1.62. The van der Waals surface area contributed by atoms with Crippen LogP contribution >= 0.6 is 23.1 Å². The summed E-state index contributed by atoms with van der Waals surface area (Å²) in [4.78, 5) is 15.5. The molecule has 3 aromatic rings. The Labute approximate surface area is 164 Å². The molecule has 26 heavy (non-hydrogen) atoms. The van der Waals surface area contributed by atoms with Crippen LogP contribution in [0, 0.1) is 0 Å². The zero-order valence-corrected chi connectivity index (χ0v) is 17.6. The van der Waals surface area contributed by atoms with Crippen LogP contribution in [0.25, 0.3) is 20.4 Å². The van der Waals surface area contributed by atoms with E-state index in [9.17, 15) is 0 Å². The topological polar surface area (TPSA) is 38.7 Å². The first-order chi connectivity index (χ1) is 12.7. The SMILES string of the molecule is CCCCCCSc1ncnc2c1sc1nc(C(C)C)c3c(c12)CCC3. The van der Waals surface area contributed by atoms with Crippen molar-refractivity contribution < 1.29 is 0 Å². The second-order valence-corrected chi connectivity index (χ2v) is 9.59. The van der Waals surface area contributed by atoms with Gasteiger partial charge in [0.1, 0.15) is 16.2 Å². The molecule has 1 aliphatic rings. The molecule has 0 bridgehead atoms. The molecule has 0 N–H and O–H groups in total. The van der Waals surface area contributed by atoms with Crippen LogP contribution in [0.5, 0.6) is 0 Å². The zero-order chi connectivity index (χ0) is 18.1. The van der Waals surface area contributed by atoms with Crippen molar-refractivity contribution in [1.29, 1.82) is 0 Å². The average molecular weight is 386 g/mol. The number of hydrogen-bond acceptors (Lipinski definition) is 5. The van der Waals surface area contributed by atoms with Gasteiger partial charge in [0.25, 0.3) is 0 Å². The minimum absolute atomic E-state index is 0.481. The highest BCUT2D eigenvalue weighted by molar-refractivity contribution is 7.99. The van der Waals surface area contributed by atoms with Gasteiger partial charge in [0.05, 0.1) is 10.2 Å². The van der Waals surface area contributed by atoms with Gasteiger partial charge in [-0.15, -0.1) is 23.1 Å². The van der Waals surface area contributed by atoms with Gasteiger partial charge in [-0.05, 0) is 48.5 Å². The van der Waals surface area contributed by atoms with E-state index in [1.54, 1.807) is 17.7 Å². The third-order valence-corrected chi connectivity index (χ3v) is 7.54. The number of thiophene rings is 1. The molecule has 0 fully saturated rings. The van der Waals surface area contributed by atoms with Gasteiger partial charge in [-0.2, -0.15) is 0 Å². The monoisotopic (exact) mass is 385 g/mol. The van der Waals surface area contributed by atoms with Crippen molar-refractivity contribution >= 4 is 43.5 Å². The molecule has 0 radical (unpaired) electrons. The molecule has 4 rings (SSSR count).